The van der Waals surface area contributed by atoms with Crippen LogP contribution < -0.4 is 4.74 Å². The Balaban J connectivity index is 1.37. The Morgan fingerprint density at radius 2 is 2.19 bits per heavy atom. The van der Waals surface area contributed by atoms with Gasteiger partial charge in [-0.15, -0.1) is 0 Å². The summed E-state index contributed by atoms with van der Waals surface area (Å²) in [5.41, 5.74) is 1.10. The lowest BCUT2D eigenvalue weighted by molar-refractivity contribution is -0.130. The first-order valence-corrected chi connectivity index (χ1v) is 8.74. The van der Waals surface area contributed by atoms with E-state index in [-0.39, 0.29) is 5.91 Å². The SMILES string of the molecule is Cc1ccccc1OCCCN(C)C(=O)CCc1nc(-c2ncn[nH]2)no1. The van der Waals surface area contributed by atoms with Gasteiger partial charge in [-0.25, -0.2) is 4.98 Å². The number of hydrogen-bond donors (Lipinski definition) is 1. The topological polar surface area (TPSA) is 110 Å². The van der Waals surface area contributed by atoms with Crippen LogP contribution in [0.15, 0.2) is 35.1 Å². The molecule has 0 aliphatic carbocycles. The molecule has 142 valence electrons. The number of aryl methyl sites for hydroxylation is 2. The second-order valence-corrected chi connectivity index (χ2v) is 6.13. The number of aromatic nitrogens is 5. The number of carbonyl (C=O) groups excluding carboxylic acids is 1. The van der Waals surface area contributed by atoms with E-state index in [0.29, 0.717) is 43.5 Å². The van der Waals surface area contributed by atoms with E-state index in [2.05, 4.69) is 25.3 Å². The lowest BCUT2D eigenvalue weighted by atomic mass is 10.2. The second kappa shape index (κ2) is 8.93. The fraction of sp³-hybridized carbons (Fsp3) is 0.389. The number of ether oxygens (including phenoxy) is 1. The molecule has 3 rings (SSSR count). The molecule has 0 radical (unpaired) electrons. The zero-order chi connectivity index (χ0) is 19.1. The van der Waals surface area contributed by atoms with Crippen LogP contribution in [0.3, 0.4) is 0 Å². The van der Waals surface area contributed by atoms with Crippen LogP contribution in [-0.2, 0) is 11.2 Å². The molecular formula is C18H22N6O3. The highest BCUT2D eigenvalue weighted by atomic mass is 16.5. The van der Waals surface area contributed by atoms with Crippen molar-refractivity contribution in [3.63, 3.8) is 0 Å². The van der Waals surface area contributed by atoms with Gasteiger partial charge in [-0.05, 0) is 25.0 Å². The molecule has 0 unspecified atom stereocenters. The van der Waals surface area contributed by atoms with Gasteiger partial charge >= 0.3 is 0 Å². The molecule has 2 heterocycles. The third kappa shape index (κ3) is 5.13. The van der Waals surface area contributed by atoms with Gasteiger partial charge in [-0.2, -0.15) is 10.1 Å². The minimum absolute atomic E-state index is 0.0188. The summed E-state index contributed by atoms with van der Waals surface area (Å²) in [6.45, 7) is 3.20. The third-order valence-electron chi connectivity index (χ3n) is 4.06. The summed E-state index contributed by atoms with van der Waals surface area (Å²) in [7, 11) is 1.78. The minimum atomic E-state index is 0.0188. The van der Waals surface area contributed by atoms with Crippen LogP contribution >= 0.6 is 0 Å². The average Bonchev–Trinajstić information content (AvgIpc) is 3.35. The molecule has 0 aliphatic heterocycles. The number of amides is 1. The first kappa shape index (κ1) is 18.6. The number of para-hydroxylation sites is 1. The Morgan fingerprint density at radius 1 is 1.33 bits per heavy atom. The molecule has 0 bridgehead atoms. The van der Waals surface area contributed by atoms with Gasteiger partial charge in [-0.3, -0.25) is 9.89 Å². The predicted octanol–water partition coefficient (Wildman–Crippen LogP) is 2.02. The average molecular weight is 370 g/mol. The van der Waals surface area contributed by atoms with Gasteiger partial charge in [0, 0.05) is 26.4 Å². The number of carbonyl (C=O) groups is 1. The van der Waals surface area contributed by atoms with Crippen molar-refractivity contribution in [2.75, 3.05) is 20.2 Å². The minimum Gasteiger partial charge on any atom is -0.493 e. The van der Waals surface area contributed by atoms with Crippen molar-refractivity contribution in [2.45, 2.75) is 26.2 Å². The van der Waals surface area contributed by atoms with Crippen molar-refractivity contribution in [3.05, 3.63) is 42.0 Å². The van der Waals surface area contributed by atoms with E-state index in [0.717, 1.165) is 17.7 Å². The quantitative estimate of drug-likeness (QED) is 0.574. The van der Waals surface area contributed by atoms with Crippen LogP contribution in [0.1, 0.15) is 24.3 Å². The van der Waals surface area contributed by atoms with E-state index < -0.39 is 0 Å². The zero-order valence-electron chi connectivity index (χ0n) is 15.4. The van der Waals surface area contributed by atoms with Gasteiger partial charge in [0.15, 0.2) is 5.82 Å². The molecule has 0 spiro atoms. The van der Waals surface area contributed by atoms with Crippen LogP contribution in [0.4, 0.5) is 0 Å². The van der Waals surface area contributed by atoms with Crippen molar-refractivity contribution in [2.24, 2.45) is 0 Å². The molecule has 0 saturated carbocycles. The monoisotopic (exact) mass is 370 g/mol. The summed E-state index contributed by atoms with van der Waals surface area (Å²) in [6.07, 6.45) is 2.80. The zero-order valence-corrected chi connectivity index (χ0v) is 15.4. The summed E-state index contributed by atoms with van der Waals surface area (Å²) < 4.78 is 10.9. The standard InChI is InChI=1S/C18H22N6O3/c1-13-6-3-4-7-14(13)26-11-5-10-24(2)16(25)9-8-15-21-18(23-27-15)17-19-12-20-22-17/h3-4,6-7,12H,5,8-11H2,1-2H3,(H,19,20,22). The van der Waals surface area contributed by atoms with Crippen LogP contribution in [0, 0.1) is 6.92 Å². The van der Waals surface area contributed by atoms with Crippen molar-refractivity contribution in [1.29, 1.82) is 0 Å². The normalized spacial score (nSPS) is 10.7. The summed E-state index contributed by atoms with van der Waals surface area (Å²) in [6, 6.07) is 7.88. The smallest absolute Gasteiger partial charge is 0.239 e. The van der Waals surface area contributed by atoms with Crippen molar-refractivity contribution in [3.8, 4) is 17.4 Å². The van der Waals surface area contributed by atoms with E-state index in [1.54, 1.807) is 11.9 Å². The van der Waals surface area contributed by atoms with Gasteiger partial charge in [0.2, 0.25) is 17.6 Å². The first-order valence-electron chi connectivity index (χ1n) is 8.74. The highest BCUT2D eigenvalue weighted by molar-refractivity contribution is 5.76. The third-order valence-corrected chi connectivity index (χ3v) is 4.06. The highest BCUT2D eigenvalue weighted by Gasteiger charge is 2.14. The highest BCUT2D eigenvalue weighted by Crippen LogP contribution is 2.16. The lowest BCUT2D eigenvalue weighted by Gasteiger charge is -2.17. The number of aromatic amines is 1. The number of H-pyrrole nitrogens is 1. The maximum absolute atomic E-state index is 12.2. The Kier molecular flexibility index (Phi) is 6.14. The molecule has 0 saturated heterocycles. The maximum Gasteiger partial charge on any atom is 0.239 e. The molecular weight excluding hydrogens is 348 g/mol. The van der Waals surface area contributed by atoms with E-state index >= 15 is 0 Å². The first-order chi connectivity index (χ1) is 13.1. The van der Waals surface area contributed by atoms with Gasteiger partial charge in [-0.1, -0.05) is 23.4 Å². The van der Waals surface area contributed by atoms with Crippen LogP contribution in [0.5, 0.6) is 5.75 Å². The summed E-state index contributed by atoms with van der Waals surface area (Å²) in [5.74, 6) is 2.06. The molecule has 0 aliphatic rings. The molecule has 2 aromatic heterocycles. The summed E-state index contributed by atoms with van der Waals surface area (Å²) >= 11 is 0. The Bertz CT molecular complexity index is 862. The van der Waals surface area contributed by atoms with Gasteiger partial charge in [0.05, 0.1) is 6.61 Å². The molecule has 1 N–H and O–H groups in total. The van der Waals surface area contributed by atoms with Gasteiger partial charge < -0.3 is 14.2 Å². The van der Waals surface area contributed by atoms with E-state index in [4.69, 9.17) is 9.26 Å². The van der Waals surface area contributed by atoms with Gasteiger partial charge in [0.25, 0.3) is 0 Å². The fourth-order valence-electron chi connectivity index (χ4n) is 2.50. The van der Waals surface area contributed by atoms with Gasteiger partial charge in [0.1, 0.15) is 12.1 Å². The molecule has 9 heteroatoms. The van der Waals surface area contributed by atoms with Crippen LogP contribution in [-0.4, -0.2) is 56.3 Å². The molecule has 9 nitrogen and oxygen atoms in total. The van der Waals surface area contributed by atoms with Crippen LogP contribution in [0.2, 0.25) is 0 Å². The van der Waals surface area contributed by atoms with E-state index in [9.17, 15) is 4.79 Å². The molecule has 1 amide bonds. The van der Waals surface area contributed by atoms with Crippen LogP contribution in [0.25, 0.3) is 11.6 Å². The number of hydrogen-bond acceptors (Lipinski definition) is 7. The molecule has 3 aromatic rings. The Hall–Kier alpha value is -3.23. The second-order valence-electron chi connectivity index (χ2n) is 6.13. The van der Waals surface area contributed by atoms with Crippen molar-refractivity contribution in [1.82, 2.24) is 30.2 Å². The largest absolute Gasteiger partial charge is 0.493 e. The van der Waals surface area contributed by atoms with Crippen molar-refractivity contribution < 1.29 is 14.1 Å². The summed E-state index contributed by atoms with van der Waals surface area (Å²) in [4.78, 5) is 22.1. The molecule has 0 fully saturated rings. The molecule has 1 aromatic carbocycles. The number of rotatable bonds is 9. The molecule has 0 atom stereocenters. The fourth-order valence-corrected chi connectivity index (χ4v) is 2.50. The molecule has 27 heavy (non-hydrogen) atoms. The van der Waals surface area contributed by atoms with Crippen molar-refractivity contribution >= 4 is 5.91 Å². The summed E-state index contributed by atoms with van der Waals surface area (Å²) in [5, 5.41) is 10.2. The van der Waals surface area contributed by atoms with E-state index in [1.165, 1.54) is 6.33 Å². The number of benzene rings is 1. The Morgan fingerprint density at radius 3 is 2.96 bits per heavy atom. The van der Waals surface area contributed by atoms with E-state index in [1.807, 2.05) is 31.2 Å². The Labute approximate surface area is 156 Å². The number of nitrogens with zero attached hydrogens (tertiary/aromatic N) is 5. The number of nitrogens with one attached hydrogen (secondary N) is 1. The maximum atomic E-state index is 12.2. The predicted molar refractivity (Wildman–Crippen MR) is 96.9 cm³/mol. The lowest BCUT2D eigenvalue weighted by Crippen LogP contribution is -2.28.